The molecule has 60 valence electrons. The molecule has 0 atom stereocenters. The van der Waals surface area contributed by atoms with E-state index >= 15 is 0 Å². The third-order valence-corrected chi connectivity index (χ3v) is 1.65. The standard InChI is InChI=1S/C4H4Br4O2/c5-1-3(9)10-2-4(6,7)8/h1-2H2. The van der Waals surface area contributed by atoms with E-state index in [1.807, 2.05) is 0 Å². The number of alkyl halides is 4. The van der Waals surface area contributed by atoms with Crippen molar-refractivity contribution in [3.8, 4) is 0 Å². The van der Waals surface area contributed by atoms with Gasteiger partial charge in [-0.2, -0.15) is 0 Å². The number of carbonyl (C=O) groups excluding carboxylic acids is 1. The van der Waals surface area contributed by atoms with Gasteiger partial charge in [-0.1, -0.05) is 63.7 Å². The van der Waals surface area contributed by atoms with Crippen molar-refractivity contribution in [2.45, 2.75) is 2.14 Å². The minimum absolute atomic E-state index is 0.218. The number of carbonyl (C=O) groups is 1. The molecule has 0 aliphatic heterocycles. The second kappa shape index (κ2) is 5.11. The van der Waals surface area contributed by atoms with Gasteiger partial charge in [0.15, 0.2) is 2.14 Å². The summed E-state index contributed by atoms with van der Waals surface area (Å²) in [5.74, 6) is -0.289. The van der Waals surface area contributed by atoms with E-state index in [1.54, 1.807) is 0 Å². The highest BCUT2D eigenvalue weighted by Gasteiger charge is 2.19. The third-order valence-electron chi connectivity index (χ3n) is 0.506. The Morgan fingerprint density at radius 2 is 1.90 bits per heavy atom. The molecule has 0 rings (SSSR count). The lowest BCUT2D eigenvalue weighted by Gasteiger charge is -2.10. The van der Waals surface area contributed by atoms with Gasteiger partial charge < -0.3 is 4.74 Å². The maximum absolute atomic E-state index is 10.5. The van der Waals surface area contributed by atoms with Crippen LogP contribution in [0.1, 0.15) is 0 Å². The van der Waals surface area contributed by atoms with Crippen molar-refractivity contribution >= 4 is 69.7 Å². The molecule has 0 N–H and O–H groups in total. The molecular formula is C4H4Br4O2. The normalized spacial score (nSPS) is 11.2. The van der Waals surface area contributed by atoms with Gasteiger partial charge in [-0.15, -0.1) is 0 Å². The van der Waals surface area contributed by atoms with E-state index in [2.05, 4.69) is 63.7 Å². The van der Waals surface area contributed by atoms with E-state index in [0.29, 0.717) is 0 Å². The van der Waals surface area contributed by atoms with Gasteiger partial charge in [0.25, 0.3) is 0 Å². The summed E-state index contributed by atoms with van der Waals surface area (Å²) in [6.07, 6.45) is 0. The second-order valence-electron chi connectivity index (χ2n) is 1.41. The van der Waals surface area contributed by atoms with Crippen LogP contribution in [0.15, 0.2) is 0 Å². The van der Waals surface area contributed by atoms with Crippen LogP contribution in [0.4, 0.5) is 0 Å². The predicted octanol–water partition coefficient (Wildman–Crippen LogP) is 2.76. The van der Waals surface area contributed by atoms with Crippen LogP contribution in [0.3, 0.4) is 0 Å². The lowest BCUT2D eigenvalue weighted by molar-refractivity contribution is -0.139. The zero-order chi connectivity index (χ0) is 8.20. The molecule has 0 spiro atoms. The molecule has 2 nitrogen and oxygen atoms in total. The van der Waals surface area contributed by atoms with Crippen LogP contribution in [0.5, 0.6) is 0 Å². The van der Waals surface area contributed by atoms with Gasteiger partial charge in [0, 0.05) is 0 Å². The maximum Gasteiger partial charge on any atom is 0.316 e. The highest BCUT2D eigenvalue weighted by Crippen LogP contribution is 2.33. The molecule has 0 aromatic carbocycles. The molecule has 0 fully saturated rings. The highest BCUT2D eigenvalue weighted by atomic mass is 80.0. The number of hydrogen-bond donors (Lipinski definition) is 0. The van der Waals surface area contributed by atoms with Gasteiger partial charge in [-0.25, -0.2) is 0 Å². The zero-order valence-corrected chi connectivity index (χ0v) is 11.1. The number of rotatable bonds is 2. The van der Waals surface area contributed by atoms with E-state index in [9.17, 15) is 4.79 Å². The van der Waals surface area contributed by atoms with Crippen LogP contribution < -0.4 is 0 Å². The van der Waals surface area contributed by atoms with Gasteiger partial charge in [0.05, 0.1) is 0 Å². The molecule has 0 unspecified atom stereocenters. The van der Waals surface area contributed by atoms with Gasteiger partial charge in [0.1, 0.15) is 11.9 Å². The van der Waals surface area contributed by atoms with E-state index in [1.165, 1.54) is 0 Å². The van der Waals surface area contributed by atoms with Crippen molar-refractivity contribution in [2.75, 3.05) is 11.9 Å². The second-order valence-corrected chi connectivity index (χ2v) is 9.22. The average Bonchev–Trinajstić information content (AvgIpc) is 1.81. The molecule has 10 heavy (non-hydrogen) atoms. The first-order valence-corrected chi connectivity index (χ1v) is 5.74. The molecule has 0 heterocycles. The number of hydrogen-bond acceptors (Lipinski definition) is 2. The van der Waals surface area contributed by atoms with E-state index in [0.717, 1.165) is 0 Å². The molecule has 0 bridgehead atoms. The Labute approximate surface area is 92.6 Å². The Kier molecular flexibility index (Phi) is 5.82. The Bertz CT molecular complexity index is 119. The van der Waals surface area contributed by atoms with Crippen LogP contribution in [-0.2, 0) is 9.53 Å². The lowest BCUT2D eigenvalue weighted by Crippen LogP contribution is -2.16. The Morgan fingerprint density at radius 1 is 1.40 bits per heavy atom. The minimum atomic E-state index is -0.495. The van der Waals surface area contributed by atoms with Gasteiger partial charge in [0.2, 0.25) is 0 Å². The molecule has 0 radical (unpaired) electrons. The summed E-state index contributed by atoms with van der Waals surface area (Å²) in [5.41, 5.74) is 0. The average molecular weight is 404 g/mol. The Hall–Kier alpha value is 1.39. The van der Waals surface area contributed by atoms with Gasteiger partial charge >= 0.3 is 5.97 Å². The summed E-state index contributed by atoms with van der Waals surface area (Å²) < 4.78 is 4.23. The van der Waals surface area contributed by atoms with Crippen molar-refractivity contribution in [2.24, 2.45) is 0 Å². The quantitative estimate of drug-likeness (QED) is 0.523. The molecule has 0 saturated carbocycles. The summed E-state index contributed by atoms with van der Waals surface area (Å²) in [7, 11) is 0. The van der Waals surface area contributed by atoms with Crippen molar-refractivity contribution in [1.82, 2.24) is 0 Å². The smallest absolute Gasteiger partial charge is 0.316 e. The largest absolute Gasteiger partial charge is 0.462 e. The van der Waals surface area contributed by atoms with Crippen LogP contribution in [0.2, 0.25) is 0 Å². The van der Waals surface area contributed by atoms with Crippen LogP contribution in [-0.4, -0.2) is 20.0 Å². The molecule has 0 aromatic heterocycles. The molecule has 6 heteroatoms. The molecule has 0 aliphatic rings. The van der Waals surface area contributed by atoms with E-state index in [4.69, 9.17) is 4.74 Å². The topological polar surface area (TPSA) is 26.3 Å². The van der Waals surface area contributed by atoms with Crippen molar-refractivity contribution in [1.29, 1.82) is 0 Å². The molecule has 0 amide bonds. The maximum atomic E-state index is 10.5. The monoisotopic (exact) mass is 400 g/mol. The van der Waals surface area contributed by atoms with Crippen LogP contribution >= 0.6 is 63.7 Å². The fourth-order valence-corrected chi connectivity index (χ4v) is 0.706. The summed E-state index contributed by atoms with van der Waals surface area (Å²) in [6, 6.07) is 0. The van der Waals surface area contributed by atoms with Crippen molar-refractivity contribution < 1.29 is 9.53 Å². The molecule has 0 saturated heterocycles. The summed E-state index contributed by atoms with van der Waals surface area (Å²) in [5, 5.41) is 0.218. The van der Waals surface area contributed by atoms with Gasteiger partial charge in [-0.3, -0.25) is 4.79 Å². The van der Waals surface area contributed by atoms with Crippen molar-refractivity contribution in [3.05, 3.63) is 0 Å². The first-order valence-electron chi connectivity index (χ1n) is 2.24. The SMILES string of the molecule is O=C(CBr)OCC(Br)(Br)Br. The molecular weight excluding hydrogens is 400 g/mol. The number of halogens is 4. The first-order chi connectivity index (χ1) is 4.45. The highest BCUT2D eigenvalue weighted by molar-refractivity contribution is 9.39. The van der Waals surface area contributed by atoms with Crippen LogP contribution in [0, 0.1) is 0 Å². The van der Waals surface area contributed by atoms with Crippen molar-refractivity contribution in [3.63, 3.8) is 0 Å². The minimum Gasteiger partial charge on any atom is -0.462 e. The summed E-state index contributed by atoms with van der Waals surface area (Å²) in [4.78, 5) is 10.5. The summed E-state index contributed by atoms with van der Waals surface area (Å²) >= 11 is 12.5. The number of ether oxygens (including phenoxy) is 1. The number of esters is 1. The lowest BCUT2D eigenvalue weighted by atomic mass is 10.8. The fraction of sp³-hybridized carbons (Fsp3) is 0.750. The molecule has 0 aromatic rings. The predicted molar refractivity (Wildman–Crippen MR) is 54.3 cm³/mol. The molecule has 0 aliphatic carbocycles. The van der Waals surface area contributed by atoms with Crippen LogP contribution in [0.25, 0.3) is 0 Å². The third kappa shape index (κ3) is 7.50. The Morgan fingerprint density at radius 3 is 2.20 bits per heavy atom. The van der Waals surface area contributed by atoms with E-state index < -0.39 is 2.14 Å². The fourth-order valence-electron chi connectivity index (χ4n) is 0.201. The van der Waals surface area contributed by atoms with E-state index in [-0.39, 0.29) is 17.9 Å². The Balaban J connectivity index is 3.46. The first kappa shape index (κ1) is 11.4. The summed E-state index contributed by atoms with van der Waals surface area (Å²) in [6.45, 7) is 0.234. The van der Waals surface area contributed by atoms with Gasteiger partial charge in [-0.05, 0) is 0 Å². The zero-order valence-electron chi connectivity index (χ0n) is 4.74.